The van der Waals surface area contributed by atoms with Crippen LogP contribution in [-0.2, 0) is 17.9 Å². The maximum atomic E-state index is 12.6. The molecular weight excluding hydrogens is 420 g/mol. The van der Waals surface area contributed by atoms with Crippen LogP contribution in [0.4, 0.5) is 0 Å². The van der Waals surface area contributed by atoms with Gasteiger partial charge >= 0.3 is 0 Å². The number of amides is 1. The minimum atomic E-state index is 0.297. The van der Waals surface area contributed by atoms with E-state index < -0.39 is 0 Å². The van der Waals surface area contributed by atoms with Gasteiger partial charge in [0.25, 0.3) is 0 Å². The van der Waals surface area contributed by atoms with Gasteiger partial charge in [-0.3, -0.25) is 9.69 Å². The molecule has 3 aromatic rings. The van der Waals surface area contributed by atoms with Gasteiger partial charge < -0.3 is 9.64 Å². The molecule has 34 heavy (non-hydrogen) atoms. The Kier molecular flexibility index (Phi) is 7.15. The molecule has 1 amide bonds. The topological polar surface area (TPSA) is 32.8 Å². The average molecular weight is 457 g/mol. The molecule has 0 radical (unpaired) electrons. The Morgan fingerprint density at radius 2 is 1.74 bits per heavy atom. The second kappa shape index (κ2) is 10.6. The minimum Gasteiger partial charge on any atom is -0.493 e. The molecule has 0 aromatic heterocycles. The van der Waals surface area contributed by atoms with Crippen LogP contribution in [0, 0.1) is 11.8 Å². The normalized spacial score (nSPS) is 18.8. The van der Waals surface area contributed by atoms with E-state index in [0.29, 0.717) is 24.3 Å². The van der Waals surface area contributed by atoms with Gasteiger partial charge in [0, 0.05) is 38.0 Å². The second-order valence-electron chi connectivity index (χ2n) is 10.2. The molecule has 1 atom stereocenters. The van der Waals surface area contributed by atoms with Gasteiger partial charge in [0.15, 0.2) is 0 Å². The number of nitrogens with zero attached hydrogens (tertiary/aromatic N) is 2. The summed E-state index contributed by atoms with van der Waals surface area (Å²) in [5.74, 6) is 2.03. The number of ether oxygens (including phenoxy) is 1. The van der Waals surface area contributed by atoms with Crippen molar-refractivity contribution in [2.45, 2.75) is 45.2 Å². The highest BCUT2D eigenvalue weighted by molar-refractivity contribution is 5.85. The SMILES string of the molecule is CN(Cc1ccc(OC[C@H]2CCCN(C(=O)C3CCC3)C2)cc1)Cc1cccc2ccccc12. The van der Waals surface area contributed by atoms with E-state index in [2.05, 4.69) is 83.6 Å². The first-order valence-corrected chi connectivity index (χ1v) is 12.8. The molecule has 178 valence electrons. The first-order valence-electron chi connectivity index (χ1n) is 12.8. The Morgan fingerprint density at radius 3 is 2.53 bits per heavy atom. The molecule has 1 aliphatic heterocycles. The number of carbonyl (C=O) groups is 1. The first kappa shape index (κ1) is 22.9. The standard InChI is InChI=1S/C30H36N2O2/c1-31(21-27-12-4-9-25-8-2-3-13-29(25)27)19-23-14-16-28(17-15-23)34-22-24-7-6-18-32(20-24)30(33)26-10-5-11-26/h2-4,8-9,12-17,24,26H,5-7,10-11,18-22H2,1H3/t24-/m0/s1. The summed E-state index contributed by atoms with van der Waals surface area (Å²) in [6, 6.07) is 23.6. The van der Waals surface area contributed by atoms with Crippen molar-refractivity contribution < 1.29 is 9.53 Å². The molecule has 0 bridgehead atoms. The van der Waals surface area contributed by atoms with E-state index in [-0.39, 0.29) is 0 Å². The minimum absolute atomic E-state index is 0.297. The van der Waals surface area contributed by atoms with Gasteiger partial charge in [0.05, 0.1) is 6.61 Å². The summed E-state index contributed by atoms with van der Waals surface area (Å²) < 4.78 is 6.13. The number of fused-ring (bicyclic) bond motifs is 1. The van der Waals surface area contributed by atoms with Gasteiger partial charge in [-0.05, 0) is 66.8 Å². The van der Waals surface area contributed by atoms with Crippen LogP contribution < -0.4 is 4.74 Å². The molecule has 3 aromatic carbocycles. The zero-order chi connectivity index (χ0) is 23.3. The van der Waals surface area contributed by atoms with E-state index in [0.717, 1.165) is 57.6 Å². The number of hydrogen-bond acceptors (Lipinski definition) is 3. The lowest BCUT2D eigenvalue weighted by atomic mass is 9.83. The third kappa shape index (κ3) is 5.44. The maximum absolute atomic E-state index is 12.6. The Balaban J connectivity index is 1.11. The van der Waals surface area contributed by atoms with Crippen molar-refractivity contribution >= 4 is 16.7 Å². The molecule has 4 heteroatoms. The summed E-state index contributed by atoms with van der Waals surface area (Å²) in [5.41, 5.74) is 2.64. The van der Waals surface area contributed by atoms with Crippen LogP contribution in [0.25, 0.3) is 10.8 Å². The molecule has 5 rings (SSSR count). The number of likely N-dealkylation sites (tertiary alicyclic amines) is 1. The Hall–Kier alpha value is -2.85. The number of piperidine rings is 1. The summed E-state index contributed by atoms with van der Waals surface area (Å²) in [7, 11) is 2.17. The predicted octanol–water partition coefficient (Wildman–Crippen LogP) is 5.89. The van der Waals surface area contributed by atoms with Crippen molar-refractivity contribution in [3.05, 3.63) is 77.9 Å². The predicted molar refractivity (Wildman–Crippen MR) is 138 cm³/mol. The number of hydrogen-bond donors (Lipinski definition) is 0. The van der Waals surface area contributed by atoms with E-state index in [9.17, 15) is 4.79 Å². The Labute approximate surface area is 203 Å². The van der Waals surface area contributed by atoms with E-state index in [1.165, 1.54) is 28.3 Å². The quantitative estimate of drug-likeness (QED) is 0.424. The lowest BCUT2D eigenvalue weighted by molar-refractivity contribution is -0.140. The summed E-state index contributed by atoms with van der Waals surface area (Å²) in [6.45, 7) is 4.27. The third-order valence-electron chi connectivity index (χ3n) is 7.47. The maximum Gasteiger partial charge on any atom is 0.225 e. The van der Waals surface area contributed by atoms with Crippen LogP contribution in [0.2, 0.25) is 0 Å². The summed E-state index contributed by atoms with van der Waals surface area (Å²) >= 11 is 0. The van der Waals surface area contributed by atoms with Crippen LogP contribution in [0.5, 0.6) is 5.75 Å². The number of benzene rings is 3. The van der Waals surface area contributed by atoms with Crippen LogP contribution in [0.1, 0.15) is 43.2 Å². The van der Waals surface area contributed by atoms with Crippen molar-refractivity contribution in [1.82, 2.24) is 9.80 Å². The molecule has 0 spiro atoms. The van der Waals surface area contributed by atoms with E-state index >= 15 is 0 Å². The fourth-order valence-electron chi connectivity index (χ4n) is 5.31. The summed E-state index contributed by atoms with van der Waals surface area (Å²) in [6.07, 6.45) is 5.62. The molecule has 1 saturated carbocycles. The molecule has 4 nitrogen and oxygen atoms in total. The highest BCUT2D eigenvalue weighted by Gasteiger charge is 2.32. The van der Waals surface area contributed by atoms with Crippen molar-refractivity contribution in [3.8, 4) is 5.75 Å². The summed E-state index contributed by atoms with van der Waals surface area (Å²) in [4.78, 5) is 17.0. The van der Waals surface area contributed by atoms with Crippen molar-refractivity contribution in [3.63, 3.8) is 0 Å². The van der Waals surface area contributed by atoms with Crippen LogP contribution in [0.15, 0.2) is 66.7 Å². The molecular formula is C30H36N2O2. The van der Waals surface area contributed by atoms with Crippen molar-refractivity contribution in [2.75, 3.05) is 26.7 Å². The van der Waals surface area contributed by atoms with Crippen LogP contribution >= 0.6 is 0 Å². The molecule has 2 fully saturated rings. The number of rotatable bonds is 8. The average Bonchev–Trinajstić information content (AvgIpc) is 2.83. The second-order valence-corrected chi connectivity index (χ2v) is 10.2. The van der Waals surface area contributed by atoms with Gasteiger partial charge in [0.2, 0.25) is 5.91 Å². The zero-order valence-corrected chi connectivity index (χ0v) is 20.3. The molecule has 0 unspecified atom stereocenters. The first-order chi connectivity index (χ1) is 16.7. The van der Waals surface area contributed by atoms with Crippen molar-refractivity contribution in [2.24, 2.45) is 11.8 Å². The smallest absolute Gasteiger partial charge is 0.225 e. The molecule has 2 aliphatic rings. The van der Waals surface area contributed by atoms with E-state index in [1.54, 1.807) is 0 Å². The van der Waals surface area contributed by atoms with Crippen LogP contribution in [-0.4, -0.2) is 42.5 Å². The van der Waals surface area contributed by atoms with E-state index in [4.69, 9.17) is 4.74 Å². The van der Waals surface area contributed by atoms with Gasteiger partial charge in [0.1, 0.15) is 5.75 Å². The molecule has 1 aliphatic carbocycles. The monoisotopic (exact) mass is 456 g/mol. The van der Waals surface area contributed by atoms with Gasteiger partial charge in [-0.2, -0.15) is 0 Å². The van der Waals surface area contributed by atoms with E-state index in [1.807, 2.05) is 0 Å². The molecule has 1 heterocycles. The largest absolute Gasteiger partial charge is 0.493 e. The lowest BCUT2D eigenvalue weighted by Gasteiger charge is -2.37. The third-order valence-corrected chi connectivity index (χ3v) is 7.47. The lowest BCUT2D eigenvalue weighted by Crippen LogP contribution is -2.45. The van der Waals surface area contributed by atoms with Gasteiger partial charge in [-0.1, -0.05) is 61.0 Å². The molecule has 1 saturated heterocycles. The Morgan fingerprint density at radius 1 is 0.941 bits per heavy atom. The summed E-state index contributed by atoms with van der Waals surface area (Å²) in [5, 5.41) is 2.62. The van der Waals surface area contributed by atoms with Crippen LogP contribution in [0.3, 0.4) is 0 Å². The van der Waals surface area contributed by atoms with Gasteiger partial charge in [-0.25, -0.2) is 0 Å². The number of carbonyl (C=O) groups excluding carboxylic acids is 1. The van der Waals surface area contributed by atoms with Crippen molar-refractivity contribution in [1.29, 1.82) is 0 Å². The van der Waals surface area contributed by atoms with Gasteiger partial charge in [-0.15, -0.1) is 0 Å². The highest BCUT2D eigenvalue weighted by atomic mass is 16.5. The Bertz CT molecular complexity index is 1100. The molecule has 0 N–H and O–H groups in total. The highest BCUT2D eigenvalue weighted by Crippen LogP contribution is 2.30. The fourth-order valence-corrected chi connectivity index (χ4v) is 5.31. The fraction of sp³-hybridized carbons (Fsp3) is 0.433. The zero-order valence-electron chi connectivity index (χ0n) is 20.3.